The molecule has 1 amide bonds. The molecule has 1 N–H and O–H groups in total. The van der Waals surface area contributed by atoms with Crippen LogP contribution in [0.1, 0.15) is 49.7 Å². The topological polar surface area (TPSA) is 43.3 Å². The average molecular weight is 379 g/mol. The van der Waals surface area contributed by atoms with Crippen molar-refractivity contribution in [1.29, 1.82) is 0 Å². The fourth-order valence-electron chi connectivity index (χ4n) is 3.75. The number of hydrogen-bond donors (Lipinski definition) is 1. The molecule has 0 radical (unpaired) electrons. The smallest absolute Gasteiger partial charge is 0.220 e. The Balaban J connectivity index is 1.90. The molecule has 0 saturated carbocycles. The third-order valence-electron chi connectivity index (χ3n) is 5.31. The number of benzene rings is 2. The number of para-hydroxylation sites is 1. The second-order valence-corrected chi connectivity index (χ2v) is 7.30. The summed E-state index contributed by atoms with van der Waals surface area (Å²) in [5, 5.41) is 4.29. The van der Waals surface area contributed by atoms with E-state index in [1.165, 1.54) is 16.5 Å². The van der Waals surface area contributed by atoms with Crippen LogP contribution in [0, 0.1) is 0 Å². The maximum atomic E-state index is 12.7. The van der Waals surface area contributed by atoms with E-state index in [-0.39, 0.29) is 11.8 Å². The lowest BCUT2D eigenvalue weighted by Crippen LogP contribution is -2.26. The molecule has 4 heteroatoms. The van der Waals surface area contributed by atoms with Crippen LogP contribution in [0.25, 0.3) is 10.9 Å². The summed E-state index contributed by atoms with van der Waals surface area (Å²) in [5.41, 5.74) is 3.49. The van der Waals surface area contributed by atoms with Crippen molar-refractivity contribution in [3.05, 3.63) is 65.9 Å². The van der Waals surface area contributed by atoms with Gasteiger partial charge in [-0.2, -0.15) is 0 Å². The molecule has 2 aromatic carbocycles. The summed E-state index contributed by atoms with van der Waals surface area (Å²) in [4.78, 5) is 12.7. The van der Waals surface area contributed by atoms with Crippen LogP contribution >= 0.6 is 0 Å². The van der Waals surface area contributed by atoms with Crippen molar-refractivity contribution in [3.63, 3.8) is 0 Å². The SMILES string of the molecule is CCCCCNC(=O)C[C@H](c1ccc(OC)cc1)c1cn(C)c2ccccc12. The summed E-state index contributed by atoms with van der Waals surface area (Å²) in [7, 11) is 3.72. The van der Waals surface area contributed by atoms with Crippen LogP contribution in [0.4, 0.5) is 0 Å². The normalized spacial score (nSPS) is 12.1. The van der Waals surface area contributed by atoms with Crippen LogP contribution < -0.4 is 10.1 Å². The van der Waals surface area contributed by atoms with E-state index in [1.807, 2.05) is 12.1 Å². The molecule has 0 aliphatic rings. The molecule has 0 bridgehead atoms. The minimum Gasteiger partial charge on any atom is -0.497 e. The summed E-state index contributed by atoms with van der Waals surface area (Å²) in [6.07, 6.45) is 5.92. The first kappa shape index (κ1) is 20.0. The Bertz CT molecular complexity index is 912. The van der Waals surface area contributed by atoms with Gasteiger partial charge in [-0.1, -0.05) is 50.1 Å². The number of methoxy groups -OCH3 is 1. The molecule has 0 fully saturated rings. The van der Waals surface area contributed by atoms with Gasteiger partial charge < -0.3 is 14.6 Å². The van der Waals surface area contributed by atoms with Gasteiger partial charge in [-0.15, -0.1) is 0 Å². The molecule has 0 saturated heterocycles. The number of fused-ring (bicyclic) bond motifs is 1. The Morgan fingerprint density at radius 2 is 1.86 bits per heavy atom. The van der Waals surface area contributed by atoms with Gasteiger partial charge in [0.1, 0.15) is 5.75 Å². The Kier molecular flexibility index (Phi) is 6.75. The van der Waals surface area contributed by atoms with E-state index >= 15 is 0 Å². The predicted octanol–water partition coefficient (Wildman–Crippen LogP) is 5.02. The lowest BCUT2D eigenvalue weighted by atomic mass is 9.88. The molecule has 3 rings (SSSR count). The first-order valence-electron chi connectivity index (χ1n) is 10.1. The summed E-state index contributed by atoms with van der Waals surface area (Å²) in [6, 6.07) is 16.4. The van der Waals surface area contributed by atoms with Crippen LogP contribution in [0.15, 0.2) is 54.7 Å². The zero-order valence-corrected chi connectivity index (χ0v) is 17.1. The minimum atomic E-state index is 0.00295. The molecule has 1 aromatic heterocycles. The number of hydrogen-bond acceptors (Lipinski definition) is 2. The maximum Gasteiger partial charge on any atom is 0.220 e. The summed E-state index contributed by atoms with van der Waals surface area (Å²) in [6.45, 7) is 2.92. The predicted molar refractivity (Wildman–Crippen MR) is 115 cm³/mol. The van der Waals surface area contributed by atoms with Gasteiger partial charge in [0.05, 0.1) is 7.11 Å². The fourth-order valence-corrected chi connectivity index (χ4v) is 3.75. The number of nitrogens with zero attached hydrogens (tertiary/aromatic N) is 1. The number of rotatable bonds is 9. The molecule has 28 heavy (non-hydrogen) atoms. The fraction of sp³-hybridized carbons (Fsp3) is 0.375. The second kappa shape index (κ2) is 9.45. The largest absolute Gasteiger partial charge is 0.497 e. The van der Waals surface area contributed by atoms with Crippen molar-refractivity contribution < 1.29 is 9.53 Å². The molecule has 0 unspecified atom stereocenters. The molecule has 0 spiro atoms. The Hall–Kier alpha value is -2.75. The van der Waals surface area contributed by atoms with Crippen molar-refractivity contribution in [1.82, 2.24) is 9.88 Å². The summed E-state index contributed by atoms with van der Waals surface area (Å²) < 4.78 is 7.44. The molecular formula is C24H30N2O2. The number of ether oxygens (including phenoxy) is 1. The van der Waals surface area contributed by atoms with Crippen molar-refractivity contribution in [2.75, 3.05) is 13.7 Å². The van der Waals surface area contributed by atoms with E-state index in [2.05, 4.69) is 66.5 Å². The standard InChI is InChI=1S/C24H30N2O2/c1-4-5-8-15-25-24(27)16-21(18-11-13-19(28-3)14-12-18)22-17-26(2)23-10-7-6-9-20(22)23/h6-7,9-14,17,21H,4-5,8,15-16H2,1-3H3,(H,25,27)/t21-/m1/s1. The molecule has 4 nitrogen and oxygen atoms in total. The number of amides is 1. The molecule has 1 heterocycles. The first-order chi connectivity index (χ1) is 13.6. The average Bonchev–Trinajstić information content (AvgIpc) is 3.06. The van der Waals surface area contributed by atoms with E-state index in [0.717, 1.165) is 37.1 Å². The van der Waals surface area contributed by atoms with E-state index in [9.17, 15) is 4.79 Å². The van der Waals surface area contributed by atoms with Crippen molar-refractivity contribution in [2.45, 2.75) is 38.5 Å². The van der Waals surface area contributed by atoms with Gasteiger partial charge in [-0.05, 0) is 35.7 Å². The minimum absolute atomic E-state index is 0.00295. The lowest BCUT2D eigenvalue weighted by Gasteiger charge is -2.18. The molecule has 0 aliphatic heterocycles. The molecule has 1 atom stereocenters. The van der Waals surface area contributed by atoms with Gasteiger partial charge in [-0.25, -0.2) is 0 Å². The zero-order valence-electron chi connectivity index (χ0n) is 17.1. The maximum absolute atomic E-state index is 12.7. The Morgan fingerprint density at radius 1 is 1.11 bits per heavy atom. The molecule has 0 aliphatic carbocycles. The van der Waals surface area contributed by atoms with Crippen LogP contribution in [0.5, 0.6) is 5.75 Å². The van der Waals surface area contributed by atoms with E-state index in [1.54, 1.807) is 7.11 Å². The summed E-state index contributed by atoms with van der Waals surface area (Å²) in [5.74, 6) is 0.928. The van der Waals surface area contributed by atoms with Crippen molar-refractivity contribution >= 4 is 16.8 Å². The third-order valence-corrected chi connectivity index (χ3v) is 5.31. The number of carbonyl (C=O) groups is 1. The lowest BCUT2D eigenvalue weighted by molar-refractivity contribution is -0.121. The van der Waals surface area contributed by atoms with Gasteiger partial charge >= 0.3 is 0 Å². The van der Waals surface area contributed by atoms with E-state index < -0.39 is 0 Å². The van der Waals surface area contributed by atoms with Gasteiger partial charge in [0.2, 0.25) is 5.91 Å². The first-order valence-corrected chi connectivity index (χ1v) is 10.1. The van der Waals surface area contributed by atoms with Crippen molar-refractivity contribution in [2.24, 2.45) is 7.05 Å². The third kappa shape index (κ3) is 4.56. The van der Waals surface area contributed by atoms with E-state index in [4.69, 9.17) is 4.74 Å². The highest BCUT2D eigenvalue weighted by Gasteiger charge is 2.22. The van der Waals surface area contributed by atoms with Gasteiger partial charge in [-0.3, -0.25) is 4.79 Å². The number of unbranched alkanes of at least 4 members (excludes halogenated alkanes) is 2. The summed E-state index contributed by atoms with van der Waals surface area (Å²) >= 11 is 0. The van der Waals surface area contributed by atoms with Crippen LogP contribution in [0.2, 0.25) is 0 Å². The Labute approximate surface area is 167 Å². The molecule has 3 aromatic rings. The second-order valence-electron chi connectivity index (χ2n) is 7.30. The number of aromatic nitrogens is 1. The highest BCUT2D eigenvalue weighted by Crippen LogP contribution is 2.35. The van der Waals surface area contributed by atoms with Gasteiger partial charge in [0, 0.05) is 43.0 Å². The van der Waals surface area contributed by atoms with Crippen LogP contribution in [-0.2, 0) is 11.8 Å². The van der Waals surface area contributed by atoms with Gasteiger partial charge in [0.15, 0.2) is 0 Å². The van der Waals surface area contributed by atoms with Crippen molar-refractivity contribution in [3.8, 4) is 5.75 Å². The highest BCUT2D eigenvalue weighted by atomic mass is 16.5. The monoisotopic (exact) mass is 378 g/mol. The number of nitrogens with one attached hydrogen (secondary N) is 1. The highest BCUT2D eigenvalue weighted by molar-refractivity contribution is 5.86. The van der Waals surface area contributed by atoms with Crippen LogP contribution in [0.3, 0.4) is 0 Å². The number of carbonyl (C=O) groups excluding carboxylic acids is 1. The number of aryl methyl sites for hydroxylation is 1. The zero-order chi connectivity index (χ0) is 19.9. The van der Waals surface area contributed by atoms with Gasteiger partial charge in [0.25, 0.3) is 0 Å². The van der Waals surface area contributed by atoms with E-state index in [0.29, 0.717) is 6.42 Å². The van der Waals surface area contributed by atoms with Crippen LogP contribution in [-0.4, -0.2) is 24.1 Å². The quantitative estimate of drug-likeness (QED) is 0.532. The molecular weight excluding hydrogens is 348 g/mol. The molecule has 148 valence electrons. The Morgan fingerprint density at radius 3 is 2.57 bits per heavy atom.